The number of hydrogen-bond donors (Lipinski definition) is 3. The van der Waals surface area contributed by atoms with Crippen LogP contribution in [0.4, 0.5) is 11.4 Å². The molecule has 25 heavy (non-hydrogen) atoms. The van der Waals surface area contributed by atoms with E-state index < -0.39 is 11.6 Å². The van der Waals surface area contributed by atoms with E-state index in [4.69, 9.17) is 5.73 Å². The molecule has 1 saturated heterocycles. The van der Waals surface area contributed by atoms with Crippen molar-refractivity contribution in [3.8, 4) is 0 Å². The molecule has 1 saturated carbocycles. The third kappa shape index (κ3) is 5.23. The molecular weight excluding hydrogens is 363 g/mol. The van der Waals surface area contributed by atoms with E-state index in [2.05, 4.69) is 21.6 Å². The van der Waals surface area contributed by atoms with Gasteiger partial charge in [0, 0.05) is 24.5 Å². The lowest BCUT2D eigenvalue weighted by Crippen LogP contribution is -2.50. The molecule has 1 aromatic carbocycles. The molecule has 1 aliphatic heterocycles. The van der Waals surface area contributed by atoms with Gasteiger partial charge in [0.15, 0.2) is 0 Å². The van der Waals surface area contributed by atoms with Crippen LogP contribution in [-0.2, 0) is 9.59 Å². The molecule has 1 heterocycles. The Kier molecular flexibility index (Phi) is 7.53. The van der Waals surface area contributed by atoms with Crippen molar-refractivity contribution in [3.05, 3.63) is 24.3 Å². The summed E-state index contributed by atoms with van der Waals surface area (Å²) in [7, 11) is 0. The molecule has 140 valence electrons. The van der Waals surface area contributed by atoms with Crippen LogP contribution in [0.15, 0.2) is 24.3 Å². The Hall–Kier alpha value is -1.50. The van der Waals surface area contributed by atoms with Crippen LogP contribution in [0.5, 0.6) is 0 Å². The maximum atomic E-state index is 12.2. The van der Waals surface area contributed by atoms with Crippen LogP contribution in [0.25, 0.3) is 0 Å². The van der Waals surface area contributed by atoms with E-state index in [1.165, 1.54) is 12.8 Å². The molecule has 8 heteroatoms. The Bertz CT molecular complexity index is 616. The van der Waals surface area contributed by atoms with E-state index in [9.17, 15) is 9.59 Å². The third-order valence-electron chi connectivity index (χ3n) is 4.57. The number of nitrogens with zero attached hydrogens (tertiary/aromatic N) is 1. The lowest BCUT2D eigenvalue weighted by molar-refractivity contribution is -0.127. The summed E-state index contributed by atoms with van der Waals surface area (Å²) in [5, 5.41) is 5.55. The first-order valence-corrected chi connectivity index (χ1v) is 8.24. The third-order valence-corrected chi connectivity index (χ3v) is 4.57. The predicted octanol–water partition coefficient (Wildman–Crippen LogP) is 2.06. The number of rotatable bonds is 5. The minimum Gasteiger partial charge on any atom is -0.371 e. The number of carbonyl (C=O) groups excluding carboxylic acids is 2. The van der Waals surface area contributed by atoms with Crippen molar-refractivity contribution in [3.63, 3.8) is 0 Å². The fourth-order valence-electron chi connectivity index (χ4n) is 2.77. The van der Waals surface area contributed by atoms with Gasteiger partial charge in [-0.25, -0.2) is 0 Å². The Labute approximate surface area is 160 Å². The molecule has 1 aliphatic carbocycles. The van der Waals surface area contributed by atoms with Gasteiger partial charge in [0.1, 0.15) is 6.04 Å². The Morgan fingerprint density at radius 1 is 1.20 bits per heavy atom. The molecule has 0 aromatic heterocycles. The van der Waals surface area contributed by atoms with Gasteiger partial charge < -0.3 is 21.3 Å². The van der Waals surface area contributed by atoms with Crippen LogP contribution in [0.2, 0.25) is 0 Å². The summed E-state index contributed by atoms with van der Waals surface area (Å²) in [4.78, 5) is 26.5. The van der Waals surface area contributed by atoms with Gasteiger partial charge in [-0.2, -0.15) is 0 Å². The van der Waals surface area contributed by atoms with E-state index in [-0.39, 0.29) is 36.6 Å². The number of anilines is 2. The van der Waals surface area contributed by atoms with Crippen molar-refractivity contribution < 1.29 is 9.59 Å². The van der Waals surface area contributed by atoms with Crippen LogP contribution in [0.3, 0.4) is 0 Å². The summed E-state index contributed by atoms with van der Waals surface area (Å²) in [6.45, 7) is 3.79. The highest BCUT2D eigenvalue weighted by atomic mass is 35.5. The van der Waals surface area contributed by atoms with Gasteiger partial charge in [-0.05, 0) is 50.8 Å². The predicted molar refractivity (Wildman–Crippen MR) is 105 cm³/mol. The highest BCUT2D eigenvalue weighted by Crippen LogP contribution is 2.32. The molecule has 4 N–H and O–H groups in total. The van der Waals surface area contributed by atoms with Crippen molar-refractivity contribution >= 4 is 48.0 Å². The standard InChI is InChI=1S/C17H24N4O2.2ClH/c1-12(19-16(23)17(18)7-8-17)15(22)20-13-5-4-6-14(11-13)21-9-2-3-10-21;;/h4-6,11-12H,2-3,7-10,18H2,1H3,(H,19,23)(H,20,22);2*1H. The number of benzene rings is 1. The summed E-state index contributed by atoms with van der Waals surface area (Å²) in [6, 6.07) is 7.21. The number of carbonyl (C=O) groups is 2. The number of hydrogen-bond acceptors (Lipinski definition) is 4. The van der Waals surface area contributed by atoms with E-state index in [0.717, 1.165) is 24.5 Å². The van der Waals surface area contributed by atoms with Crippen molar-refractivity contribution in [2.75, 3.05) is 23.3 Å². The first-order valence-electron chi connectivity index (χ1n) is 8.24. The molecule has 3 rings (SSSR count). The maximum Gasteiger partial charge on any atom is 0.246 e. The highest BCUT2D eigenvalue weighted by Gasteiger charge is 2.46. The average Bonchev–Trinajstić information content (AvgIpc) is 3.07. The van der Waals surface area contributed by atoms with Crippen molar-refractivity contribution in [2.24, 2.45) is 5.73 Å². The molecule has 6 nitrogen and oxygen atoms in total. The van der Waals surface area contributed by atoms with Gasteiger partial charge in [0.05, 0.1) is 5.54 Å². The molecule has 1 unspecified atom stereocenters. The van der Waals surface area contributed by atoms with Crippen LogP contribution in [0, 0.1) is 0 Å². The van der Waals surface area contributed by atoms with E-state index in [0.29, 0.717) is 12.8 Å². The minimum absolute atomic E-state index is 0. The molecule has 1 aromatic rings. The second kappa shape index (κ2) is 8.74. The number of nitrogens with one attached hydrogen (secondary N) is 2. The second-order valence-electron chi connectivity index (χ2n) is 6.59. The quantitative estimate of drug-likeness (QED) is 0.720. The molecule has 0 radical (unpaired) electrons. The van der Waals surface area contributed by atoms with Crippen molar-refractivity contribution in [1.29, 1.82) is 0 Å². The number of amides is 2. The molecule has 0 spiro atoms. The lowest BCUT2D eigenvalue weighted by Gasteiger charge is -2.20. The highest BCUT2D eigenvalue weighted by molar-refractivity contribution is 5.99. The van der Waals surface area contributed by atoms with E-state index in [1.807, 2.05) is 18.2 Å². The van der Waals surface area contributed by atoms with Gasteiger partial charge in [-0.1, -0.05) is 6.07 Å². The zero-order chi connectivity index (χ0) is 16.4. The van der Waals surface area contributed by atoms with Crippen LogP contribution in [0.1, 0.15) is 32.6 Å². The fraction of sp³-hybridized carbons (Fsp3) is 0.529. The number of halogens is 2. The van der Waals surface area contributed by atoms with E-state index in [1.54, 1.807) is 6.92 Å². The maximum absolute atomic E-state index is 12.2. The summed E-state index contributed by atoms with van der Waals surface area (Å²) in [5.41, 5.74) is 6.94. The summed E-state index contributed by atoms with van der Waals surface area (Å²) in [6.07, 6.45) is 3.79. The minimum atomic E-state index is -0.760. The largest absolute Gasteiger partial charge is 0.371 e. The molecule has 1 atom stereocenters. The summed E-state index contributed by atoms with van der Waals surface area (Å²) in [5.74, 6) is -0.480. The molecule has 2 fully saturated rings. The SMILES string of the molecule is CC(NC(=O)C1(N)CC1)C(=O)Nc1cccc(N2CCCC2)c1.Cl.Cl. The number of nitrogens with two attached hydrogens (primary N) is 1. The van der Waals surface area contributed by atoms with Crippen molar-refractivity contribution in [2.45, 2.75) is 44.2 Å². The first-order chi connectivity index (χ1) is 11.0. The zero-order valence-electron chi connectivity index (χ0n) is 14.3. The fourth-order valence-corrected chi connectivity index (χ4v) is 2.77. The van der Waals surface area contributed by atoms with Gasteiger partial charge >= 0.3 is 0 Å². The average molecular weight is 389 g/mol. The van der Waals surface area contributed by atoms with Gasteiger partial charge in [-0.3, -0.25) is 9.59 Å². The van der Waals surface area contributed by atoms with Crippen LogP contribution in [-0.4, -0.2) is 36.5 Å². The zero-order valence-corrected chi connectivity index (χ0v) is 15.9. The van der Waals surface area contributed by atoms with E-state index >= 15 is 0 Å². The van der Waals surface area contributed by atoms with Gasteiger partial charge in [0.25, 0.3) is 0 Å². The summed E-state index contributed by atoms with van der Waals surface area (Å²) >= 11 is 0. The Balaban J connectivity index is 0.00000156. The normalized spacial score (nSPS) is 18.4. The summed E-state index contributed by atoms with van der Waals surface area (Å²) < 4.78 is 0. The van der Waals surface area contributed by atoms with Crippen molar-refractivity contribution in [1.82, 2.24) is 5.32 Å². The second-order valence-corrected chi connectivity index (χ2v) is 6.59. The molecule has 0 bridgehead atoms. The molecule has 2 amide bonds. The smallest absolute Gasteiger partial charge is 0.246 e. The monoisotopic (exact) mass is 388 g/mol. The van der Waals surface area contributed by atoms with Gasteiger partial charge in [-0.15, -0.1) is 24.8 Å². The molecular formula is C17H26Cl2N4O2. The Morgan fingerprint density at radius 2 is 1.84 bits per heavy atom. The van der Waals surface area contributed by atoms with Gasteiger partial charge in [0.2, 0.25) is 11.8 Å². The topological polar surface area (TPSA) is 87.5 Å². The Morgan fingerprint density at radius 3 is 2.44 bits per heavy atom. The molecule has 2 aliphatic rings. The lowest BCUT2D eigenvalue weighted by atomic mass is 10.2. The van der Waals surface area contributed by atoms with Crippen LogP contribution >= 0.6 is 24.8 Å². The van der Waals surface area contributed by atoms with Crippen LogP contribution < -0.4 is 21.3 Å². The first kappa shape index (κ1) is 21.5.